The fourth-order valence-corrected chi connectivity index (χ4v) is 3.09. The van der Waals surface area contributed by atoms with E-state index in [0.717, 1.165) is 0 Å². The molecule has 0 amide bonds. The molecule has 2 fully saturated rings. The van der Waals surface area contributed by atoms with E-state index >= 15 is 0 Å². The molecular formula is C12H15N5O3. The Morgan fingerprint density at radius 1 is 1.50 bits per heavy atom. The molecule has 8 heteroatoms. The van der Waals surface area contributed by atoms with Crippen LogP contribution in [0.25, 0.3) is 11.2 Å². The monoisotopic (exact) mass is 277 g/mol. The van der Waals surface area contributed by atoms with Crippen molar-refractivity contribution in [2.24, 2.45) is 0 Å². The van der Waals surface area contributed by atoms with Crippen LogP contribution in [0.4, 0.5) is 5.82 Å². The number of nitrogen functional groups attached to an aromatic ring is 1. The fourth-order valence-electron chi connectivity index (χ4n) is 3.09. The maximum atomic E-state index is 9.61. The minimum atomic E-state index is -0.634. The second kappa shape index (κ2) is 3.87. The first-order valence-electron chi connectivity index (χ1n) is 6.52. The van der Waals surface area contributed by atoms with Gasteiger partial charge in [-0.05, 0) is 6.92 Å². The fraction of sp³-hybridized carbons (Fsp3) is 0.583. The summed E-state index contributed by atoms with van der Waals surface area (Å²) in [4.78, 5) is 12.4. The van der Waals surface area contributed by atoms with Gasteiger partial charge in [-0.1, -0.05) is 0 Å². The highest BCUT2D eigenvalue weighted by Gasteiger charge is 2.58. The second-order valence-electron chi connectivity index (χ2n) is 5.34. The lowest BCUT2D eigenvalue weighted by Gasteiger charge is -2.34. The van der Waals surface area contributed by atoms with Crippen molar-refractivity contribution in [1.82, 2.24) is 19.5 Å². The zero-order chi connectivity index (χ0) is 13.9. The molecule has 0 aliphatic carbocycles. The van der Waals surface area contributed by atoms with Crippen molar-refractivity contribution in [3.63, 3.8) is 0 Å². The van der Waals surface area contributed by atoms with Crippen molar-refractivity contribution in [1.29, 1.82) is 0 Å². The van der Waals surface area contributed by atoms with Gasteiger partial charge < -0.3 is 20.3 Å². The highest BCUT2D eigenvalue weighted by molar-refractivity contribution is 5.81. The van der Waals surface area contributed by atoms with Gasteiger partial charge in [-0.15, -0.1) is 0 Å². The predicted octanol–water partition coefficient (Wildman–Crippen LogP) is -0.154. The van der Waals surface area contributed by atoms with Crippen LogP contribution in [-0.2, 0) is 9.47 Å². The van der Waals surface area contributed by atoms with Crippen molar-refractivity contribution < 1.29 is 14.6 Å². The summed E-state index contributed by atoms with van der Waals surface area (Å²) in [5.74, 6) is 0.336. The highest BCUT2D eigenvalue weighted by Crippen LogP contribution is 2.48. The quantitative estimate of drug-likeness (QED) is 0.785. The van der Waals surface area contributed by atoms with E-state index in [0.29, 0.717) is 23.4 Å². The topological polar surface area (TPSA) is 108 Å². The number of hydrogen-bond donors (Lipinski definition) is 2. The molecule has 20 heavy (non-hydrogen) atoms. The van der Waals surface area contributed by atoms with Gasteiger partial charge in [-0.25, -0.2) is 15.0 Å². The first-order valence-corrected chi connectivity index (χ1v) is 6.52. The Kier molecular flexibility index (Phi) is 2.33. The summed E-state index contributed by atoms with van der Waals surface area (Å²) in [6.45, 7) is 1.85. The van der Waals surface area contributed by atoms with Crippen molar-refractivity contribution in [3.8, 4) is 0 Å². The van der Waals surface area contributed by atoms with Crippen LogP contribution in [-0.4, -0.2) is 49.0 Å². The van der Waals surface area contributed by atoms with Crippen molar-refractivity contribution in [2.45, 2.75) is 37.4 Å². The lowest BCUT2D eigenvalue weighted by molar-refractivity contribution is -0.214. The summed E-state index contributed by atoms with van der Waals surface area (Å²) in [5.41, 5.74) is 6.30. The smallest absolute Gasteiger partial charge is 0.167 e. The van der Waals surface area contributed by atoms with Crippen molar-refractivity contribution in [2.75, 3.05) is 12.3 Å². The van der Waals surface area contributed by atoms with Gasteiger partial charge in [0.15, 0.2) is 17.7 Å². The van der Waals surface area contributed by atoms with Crippen LogP contribution in [0.3, 0.4) is 0 Å². The van der Waals surface area contributed by atoms with Crippen LogP contribution in [0.15, 0.2) is 12.7 Å². The molecule has 106 valence electrons. The van der Waals surface area contributed by atoms with Crippen LogP contribution in [0.2, 0.25) is 0 Å². The lowest BCUT2D eigenvalue weighted by atomic mass is 9.98. The van der Waals surface area contributed by atoms with Gasteiger partial charge in [0.25, 0.3) is 0 Å². The Morgan fingerprint density at radius 3 is 3.10 bits per heavy atom. The molecule has 0 spiro atoms. The predicted molar refractivity (Wildman–Crippen MR) is 68.6 cm³/mol. The van der Waals surface area contributed by atoms with Crippen LogP contribution in [0.5, 0.6) is 0 Å². The molecule has 8 nitrogen and oxygen atoms in total. The molecule has 2 aliphatic rings. The van der Waals surface area contributed by atoms with Gasteiger partial charge in [-0.2, -0.15) is 0 Å². The third kappa shape index (κ3) is 1.38. The Hall–Kier alpha value is -1.77. The van der Waals surface area contributed by atoms with Crippen LogP contribution >= 0.6 is 0 Å². The van der Waals surface area contributed by atoms with E-state index in [1.807, 2.05) is 6.92 Å². The minimum Gasteiger partial charge on any atom is -0.393 e. The standard InChI is InChI=1S/C12H15N5O3/c1-6-12(3-18)2-7(19-6)11(20-12)17-5-16-8-9(13)14-4-15-10(8)17/h4-7,11,18H,2-3H2,1H3,(H2,13,14,15)/t6-,7-,11-,12+/m1/s1. The third-order valence-corrected chi connectivity index (χ3v) is 4.27. The van der Waals surface area contributed by atoms with E-state index in [9.17, 15) is 5.11 Å². The minimum absolute atomic E-state index is 0.0646. The molecule has 2 aromatic heterocycles. The average Bonchev–Trinajstić information content (AvgIpc) is 3.09. The maximum absolute atomic E-state index is 9.61. The molecule has 0 radical (unpaired) electrons. The molecule has 4 atom stereocenters. The number of aliphatic hydroxyl groups excluding tert-OH is 1. The molecule has 2 aromatic rings. The van der Waals surface area contributed by atoms with Gasteiger partial charge in [0.2, 0.25) is 0 Å². The number of aromatic nitrogens is 4. The van der Waals surface area contributed by atoms with Gasteiger partial charge in [0.1, 0.15) is 23.5 Å². The summed E-state index contributed by atoms with van der Waals surface area (Å²) in [6.07, 6.45) is 3.09. The molecule has 2 bridgehead atoms. The number of nitrogens with zero attached hydrogens (tertiary/aromatic N) is 4. The Labute approximate surface area is 114 Å². The number of nitrogens with two attached hydrogens (primary N) is 1. The van der Waals surface area contributed by atoms with Gasteiger partial charge in [0.05, 0.1) is 19.0 Å². The molecule has 2 saturated heterocycles. The number of rotatable bonds is 2. The van der Waals surface area contributed by atoms with Gasteiger partial charge in [-0.3, -0.25) is 4.57 Å². The summed E-state index contributed by atoms with van der Waals surface area (Å²) >= 11 is 0. The van der Waals surface area contributed by atoms with Crippen molar-refractivity contribution in [3.05, 3.63) is 12.7 Å². The van der Waals surface area contributed by atoms with Crippen molar-refractivity contribution >= 4 is 17.0 Å². The molecule has 4 heterocycles. The maximum Gasteiger partial charge on any atom is 0.167 e. The molecule has 4 rings (SSSR count). The molecule has 0 aromatic carbocycles. The largest absolute Gasteiger partial charge is 0.393 e. The summed E-state index contributed by atoms with van der Waals surface area (Å²) < 4.78 is 13.7. The van der Waals surface area contributed by atoms with E-state index in [2.05, 4.69) is 15.0 Å². The molecule has 0 saturated carbocycles. The SMILES string of the molecule is C[C@H]1O[C@@H]2C[C@@]1(CO)O[C@H]2n1cnc2c(N)ncnc21. The summed E-state index contributed by atoms with van der Waals surface area (Å²) in [5, 5.41) is 9.61. The zero-order valence-electron chi connectivity index (χ0n) is 10.9. The number of anilines is 1. The molecule has 3 N–H and O–H groups in total. The van der Waals surface area contributed by atoms with Crippen LogP contribution in [0.1, 0.15) is 19.6 Å². The molecule has 2 aliphatic heterocycles. The van der Waals surface area contributed by atoms with E-state index in [1.54, 1.807) is 10.9 Å². The zero-order valence-corrected chi connectivity index (χ0v) is 10.9. The second-order valence-corrected chi connectivity index (χ2v) is 5.34. The lowest BCUT2D eigenvalue weighted by Crippen LogP contribution is -2.44. The van der Waals surface area contributed by atoms with E-state index in [1.165, 1.54) is 6.33 Å². The number of hydrogen-bond acceptors (Lipinski definition) is 7. The molecular weight excluding hydrogens is 262 g/mol. The number of aliphatic hydroxyl groups is 1. The first-order chi connectivity index (χ1) is 9.64. The summed E-state index contributed by atoms with van der Waals surface area (Å²) in [6, 6.07) is 0. The van der Waals surface area contributed by atoms with E-state index in [4.69, 9.17) is 15.2 Å². The van der Waals surface area contributed by atoms with Crippen LogP contribution < -0.4 is 5.73 Å². The Balaban J connectivity index is 1.77. The number of fused-ring (bicyclic) bond motifs is 3. The van der Waals surface area contributed by atoms with Gasteiger partial charge >= 0.3 is 0 Å². The van der Waals surface area contributed by atoms with E-state index < -0.39 is 5.60 Å². The van der Waals surface area contributed by atoms with E-state index in [-0.39, 0.29) is 25.0 Å². The van der Waals surface area contributed by atoms with Gasteiger partial charge in [0, 0.05) is 6.42 Å². The average molecular weight is 277 g/mol. The third-order valence-electron chi connectivity index (χ3n) is 4.27. The van der Waals surface area contributed by atoms with Crippen LogP contribution in [0, 0.1) is 0 Å². The number of ether oxygens (including phenoxy) is 2. The normalized spacial score (nSPS) is 36.0. The number of imidazole rings is 1. The Morgan fingerprint density at radius 2 is 2.35 bits per heavy atom. The first kappa shape index (κ1) is 12.0. The Bertz CT molecular complexity index is 674. The highest BCUT2D eigenvalue weighted by atomic mass is 16.6. The summed E-state index contributed by atoms with van der Waals surface area (Å²) in [7, 11) is 0. The molecule has 0 unspecified atom stereocenters.